The van der Waals surface area contributed by atoms with Gasteiger partial charge >= 0.3 is 0 Å². The van der Waals surface area contributed by atoms with Crippen molar-refractivity contribution in [2.24, 2.45) is 0 Å². The Morgan fingerprint density at radius 1 is 0.816 bits per heavy atom. The van der Waals surface area contributed by atoms with E-state index in [1.165, 1.54) is 24.7 Å². The van der Waals surface area contributed by atoms with E-state index in [9.17, 15) is 0 Å². The van der Waals surface area contributed by atoms with Crippen LogP contribution in [0.2, 0.25) is 61.7 Å². The van der Waals surface area contributed by atoms with Gasteiger partial charge in [0.2, 0.25) is 0 Å². The molecule has 0 saturated carbocycles. The van der Waals surface area contributed by atoms with Gasteiger partial charge in [0.25, 0.3) is 0 Å². The molecule has 0 amide bonds. The van der Waals surface area contributed by atoms with Crippen LogP contribution in [0.5, 0.6) is 0 Å². The first kappa shape index (κ1) is 34.5. The van der Waals surface area contributed by atoms with E-state index < -0.39 is 16.1 Å². The molecule has 0 saturated heterocycles. The van der Waals surface area contributed by atoms with Crippen LogP contribution in [0.15, 0.2) is 37.2 Å². The number of nitrogens with zero attached hydrogens (tertiary/aromatic N) is 5. The normalized spacial score (nSPS) is 11.4. The van der Waals surface area contributed by atoms with E-state index in [0.29, 0.717) is 23.1 Å². The molecule has 0 aliphatic rings. The highest BCUT2D eigenvalue weighted by Crippen LogP contribution is 2.20. The second-order valence-electron chi connectivity index (χ2n) is 10.8. The third-order valence-electron chi connectivity index (χ3n) is 5.11. The minimum absolute atomic E-state index is 0. The molecule has 0 radical (unpaired) electrons. The lowest BCUT2D eigenvalue weighted by atomic mass is 10.4. The van der Waals surface area contributed by atoms with Crippen molar-refractivity contribution in [1.82, 2.24) is 29.5 Å². The van der Waals surface area contributed by atoms with Crippen molar-refractivity contribution in [3.05, 3.63) is 47.5 Å². The Labute approximate surface area is 243 Å². The summed E-state index contributed by atoms with van der Waals surface area (Å²) in [6.07, 6.45) is 6.62. The third-order valence-corrected chi connectivity index (χ3v) is 9.28. The van der Waals surface area contributed by atoms with E-state index >= 15 is 0 Å². The first-order chi connectivity index (χ1) is 17.4. The predicted molar refractivity (Wildman–Crippen MR) is 167 cm³/mol. The smallest absolute Gasteiger partial charge is 0.146 e. The van der Waals surface area contributed by atoms with Crippen LogP contribution in [0.25, 0.3) is 22.1 Å². The number of ether oxygens (including phenoxy) is 2. The Balaban J connectivity index is 0.000000308. The first-order valence-electron chi connectivity index (χ1n) is 12.0. The molecule has 0 fully saturated rings. The fourth-order valence-corrected chi connectivity index (χ4v) is 4.90. The molecule has 13 heteroatoms. The Morgan fingerprint density at radius 2 is 1.39 bits per heavy atom. The van der Waals surface area contributed by atoms with Crippen molar-refractivity contribution >= 4 is 73.0 Å². The predicted octanol–water partition coefficient (Wildman–Crippen LogP) is 8.18. The number of halogens is 3. The molecule has 0 aliphatic carbocycles. The van der Waals surface area contributed by atoms with Gasteiger partial charge < -0.3 is 19.0 Å². The molecule has 0 aromatic carbocycles. The second kappa shape index (κ2) is 16.5. The Bertz CT molecular complexity index is 1230. The number of rotatable bonds is 9. The molecule has 0 unspecified atom stereocenters. The van der Waals surface area contributed by atoms with E-state index in [1.807, 2.05) is 22.9 Å². The van der Waals surface area contributed by atoms with Crippen LogP contribution in [-0.2, 0) is 16.2 Å². The number of hydrogen-bond donors (Lipinski definition) is 1. The topological polar surface area (TPSA) is 90.7 Å². The largest absolute Gasteiger partial charge is 0.366 e. The van der Waals surface area contributed by atoms with Gasteiger partial charge in [-0.1, -0.05) is 81.5 Å². The molecule has 0 atom stereocenters. The van der Waals surface area contributed by atoms with Gasteiger partial charge in [-0.25, -0.2) is 19.9 Å². The maximum atomic E-state index is 5.99. The van der Waals surface area contributed by atoms with Gasteiger partial charge in [-0.05, 0) is 24.2 Å². The van der Waals surface area contributed by atoms with Crippen LogP contribution in [0, 0.1) is 0 Å². The fourth-order valence-electron chi connectivity index (χ4n) is 2.89. The minimum Gasteiger partial charge on any atom is -0.366 e. The number of aromatic nitrogens is 6. The molecule has 4 rings (SSSR count). The van der Waals surface area contributed by atoms with Gasteiger partial charge in [-0.2, -0.15) is 0 Å². The van der Waals surface area contributed by atoms with Crippen molar-refractivity contribution in [3.8, 4) is 0 Å². The van der Waals surface area contributed by atoms with Gasteiger partial charge in [0.05, 0.1) is 10.8 Å². The zero-order chi connectivity index (χ0) is 27.5. The fraction of sp³-hybridized carbons (Fsp3) is 0.520. The number of aromatic amines is 1. The molecule has 8 nitrogen and oxygen atoms in total. The molecule has 38 heavy (non-hydrogen) atoms. The zero-order valence-corrected chi connectivity index (χ0v) is 26.7. The third kappa shape index (κ3) is 12.5. The van der Waals surface area contributed by atoms with E-state index in [2.05, 4.69) is 64.2 Å². The molecule has 0 spiro atoms. The second-order valence-corrected chi connectivity index (χ2v) is 22.9. The minimum atomic E-state index is -1.02. The molecular formula is C25H41Cl3N6O2Si2. The lowest BCUT2D eigenvalue weighted by Gasteiger charge is -2.15. The van der Waals surface area contributed by atoms with E-state index in [4.69, 9.17) is 44.3 Å². The van der Waals surface area contributed by atoms with Crippen molar-refractivity contribution in [2.45, 2.75) is 65.5 Å². The van der Waals surface area contributed by atoms with Crippen molar-refractivity contribution in [1.29, 1.82) is 0 Å². The lowest BCUT2D eigenvalue weighted by molar-refractivity contribution is 0.0899. The first-order valence-corrected chi connectivity index (χ1v) is 20.7. The molecule has 212 valence electrons. The highest BCUT2D eigenvalue weighted by Gasteiger charge is 2.13. The quantitative estimate of drug-likeness (QED) is 0.0879. The van der Waals surface area contributed by atoms with Crippen LogP contribution >= 0.6 is 34.8 Å². The number of alkyl halides is 1. The average Bonchev–Trinajstić information content (AvgIpc) is 3.45. The van der Waals surface area contributed by atoms with E-state index in [1.54, 1.807) is 6.20 Å². The Kier molecular flexibility index (Phi) is 15.0. The van der Waals surface area contributed by atoms with Crippen LogP contribution in [-0.4, -0.2) is 64.9 Å². The molecule has 0 bridgehead atoms. The highest BCUT2D eigenvalue weighted by atomic mass is 35.5. The molecule has 4 aromatic heterocycles. The zero-order valence-electron chi connectivity index (χ0n) is 22.4. The van der Waals surface area contributed by atoms with Crippen molar-refractivity contribution < 1.29 is 9.47 Å². The molecule has 1 N–H and O–H groups in total. The Morgan fingerprint density at radius 3 is 1.97 bits per heavy atom. The summed E-state index contributed by atoms with van der Waals surface area (Å²) in [5, 5.41) is 2.71. The van der Waals surface area contributed by atoms with Gasteiger partial charge in [-0.3, -0.25) is 0 Å². The summed E-state index contributed by atoms with van der Waals surface area (Å²) in [6.45, 7) is 16.1. The summed E-state index contributed by atoms with van der Waals surface area (Å²) in [4.78, 5) is 18.9. The molecule has 0 aliphatic heterocycles. The summed E-state index contributed by atoms with van der Waals surface area (Å²) >= 11 is 17.0. The standard InChI is InChI=1S/C12H18ClN3OSi.C6H4ClN3.C6H15ClOSi.CH4/c1-18(2,3)7-6-17-9-16-5-4-10-11(13)14-8-15-12(10)16;7-5-4-1-2-8-6(4)10-3-9-5;1-9(2,3)5-4-8-6-7;/h4-5,8H,6-7,9H2,1-3H3;1-3H,(H,8,9,10);4-6H2,1-3H3;1H4. The van der Waals surface area contributed by atoms with Crippen molar-refractivity contribution in [3.63, 3.8) is 0 Å². The maximum absolute atomic E-state index is 5.99. The van der Waals surface area contributed by atoms with E-state index in [-0.39, 0.29) is 7.43 Å². The summed E-state index contributed by atoms with van der Waals surface area (Å²) in [5.41, 5.74) is 1.60. The summed E-state index contributed by atoms with van der Waals surface area (Å²) in [5.74, 6) is 0. The Hall–Kier alpha value is -1.54. The number of fused-ring (bicyclic) bond motifs is 2. The molecule has 4 heterocycles. The lowest BCUT2D eigenvalue weighted by Crippen LogP contribution is -2.22. The monoisotopic (exact) mass is 618 g/mol. The SMILES string of the molecule is C.C[Si](C)(C)CCOCCl.C[Si](C)(C)CCOCn1ccc2c(Cl)ncnc21.Clc1ncnc2[nH]ccc12. The van der Waals surface area contributed by atoms with Gasteiger partial charge in [0.1, 0.15) is 47.1 Å². The highest BCUT2D eigenvalue weighted by molar-refractivity contribution is 6.76. The van der Waals surface area contributed by atoms with Crippen molar-refractivity contribution in [2.75, 3.05) is 19.3 Å². The van der Waals surface area contributed by atoms with Gasteiger partial charge in [0, 0.05) is 41.8 Å². The van der Waals surface area contributed by atoms with Gasteiger partial charge in [0.15, 0.2) is 0 Å². The molecule has 4 aromatic rings. The summed E-state index contributed by atoms with van der Waals surface area (Å²) in [7, 11) is -1.90. The number of H-pyrrole nitrogens is 1. The van der Waals surface area contributed by atoms with Crippen LogP contribution in [0.4, 0.5) is 0 Å². The van der Waals surface area contributed by atoms with E-state index in [0.717, 1.165) is 35.3 Å². The molecular weight excluding hydrogens is 579 g/mol. The number of hydrogen-bond acceptors (Lipinski definition) is 6. The summed E-state index contributed by atoms with van der Waals surface area (Å²) < 4.78 is 12.7. The maximum Gasteiger partial charge on any atom is 0.146 e. The van der Waals surface area contributed by atoms with Gasteiger partial charge in [-0.15, -0.1) is 0 Å². The van der Waals surface area contributed by atoms with Crippen LogP contribution in [0.1, 0.15) is 7.43 Å². The summed E-state index contributed by atoms with van der Waals surface area (Å²) in [6, 6.07) is 6.48. The number of nitrogens with one attached hydrogen (secondary N) is 1. The van der Waals surface area contributed by atoms with Crippen LogP contribution in [0.3, 0.4) is 0 Å². The van der Waals surface area contributed by atoms with Crippen LogP contribution < -0.4 is 0 Å². The average molecular weight is 620 g/mol.